The highest BCUT2D eigenvalue weighted by Crippen LogP contribution is 2.30. The third-order valence-corrected chi connectivity index (χ3v) is 2.89. The van der Waals surface area contributed by atoms with Crippen LogP contribution < -0.4 is 4.74 Å². The molecule has 0 spiro atoms. The highest BCUT2D eigenvalue weighted by atomic mass is 16.5. The second-order valence-corrected chi connectivity index (χ2v) is 4.39. The van der Waals surface area contributed by atoms with Gasteiger partial charge in [0, 0.05) is 6.07 Å². The Morgan fingerprint density at radius 2 is 2.05 bits per heavy atom. The number of nitrogens with zero attached hydrogens (tertiary/aromatic N) is 4. The summed E-state index contributed by atoms with van der Waals surface area (Å²) in [6.07, 6.45) is 1.36. The first kappa shape index (κ1) is 13.0. The molecular weight excluding hydrogens is 272 g/mol. The second-order valence-electron chi connectivity index (χ2n) is 4.39. The van der Waals surface area contributed by atoms with Crippen LogP contribution in [0, 0.1) is 6.92 Å². The first-order valence-electron chi connectivity index (χ1n) is 6.17. The molecule has 0 saturated carbocycles. The van der Waals surface area contributed by atoms with Crippen LogP contribution >= 0.6 is 0 Å². The fourth-order valence-corrected chi connectivity index (χ4v) is 1.83. The van der Waals surface area contributed by atoms with E-state index < -0.39 is 0 Å². The quantitative estimate of drug-likeness (QED) is 0.787. The summed E-state index contributed by atoms with van der Waals surface area (Å²) in [6, 6.07) is 6.76. The summed E-state index contributed by atoms with van der Waals surface area (Å²) in [5, 5.41) is 13.7. The van der Waals surface area contributed by atoms with Crippen molar-refractivity contribution in [3.63, 3.8) is 0 Å². The third kappa shape index (κ3) is 2.53. The molecule has 2 heterocycles. The van der Waals surface area contributed by atoms with Gasteiger partial charge < -0.3 is 14.4 Å². The van der Waals surface area contributed by atoms with Gasteiger partial charge in [0.1, 0.15) is 17.8 Å². The maximum absolute atomic E-state index is 9.88. The molecule has 3 aromatic rings. The lowest BCUT2D eigenvalue weighted by atomic mass is 10.1. The highest BCUT2D eigenvalue weighted by Gasteiger charge is 2.15. The second kappa shape index (κ2) is 5.20. The maximum atomic E-state index is 9.88. The predicted molar refractivity (Wildman–Crippen MR) is 73.7 cm³/mol. The van der Waals surface area contributed by atoms with E-state index in [1.165, 1.54) is 13.4 Å². The number of aryl methyl sites for hydroxylation is 1. The number of hydrogen-bond donors (Lipinski definition) is 1. The minimum absolute atomic E-state index is 0.0797. The molecule has 0 amide bonds. The molecule has 0 aliphatic carbocycles. The normalized spacial score (nSPS) is 10.6. The Bertz CT molecular complexity index is 785. The molecule has 0 saturated heterocycles. The van der Waals surface area contributed by atoms with E-state index in [1.54, 1.807) is 24.3 Å². The van der Waals surface area contributed by atoms with Gasteiger partial charge in [-0.25, -0.2) is 9.97 Å². The molecule has 7 nitrogen and oxygen atoms in total. The van der Waals surface area contributed by atoms with Crippen molar-refractivity contribution in [2.75, 3.05) is 7.11 Å². The monoisotopic (exact) mass is 284 g/mol. The molecule has 3 rings (SSSR count). The van der Waals surface area contributed by atoms with Crippen molar-refractivity contribution in [1.82, 2.24) is 20.1 Å². The molecule has 0 bridgehead atoms. The van der Waals surface area contributed by atoms with Crippen LogP contribution in [0.4, 0.5) is 0 Å². The summed E-state index contributed by atoms with van der Waals surface area (Å²) in [5.41, 5.74) is 1.94. The zero-order valence-corrected chi connectivity index (χ0v) is 11.4. The Balaban J connectivity index is 2.01. The number of ether oxygens (including phenoxy) is 1. The number of benzene rings is 1. The number of aromatic nitrogens is 4. The molecule has 0 aliphatic heterocycles. The molecule has 0 fully saturated rings. The third-order valence-electron chi connectivity index (χ3n) is 2.89. The van der Waals surface area contributed by atoms with Crippen LogP contribution in [0.25, 0.3) is 23.0 Å². The van der Waals surface area contributed by atoms with E-state index in [2.05, 4.69) is 20.1 Å². The molecule has 0 atom stereocenters. The Hall–Kier alpha value is -2.96. The summed E-state index contributed by atoms with van der Waals surface area (Å²) in [7, 11) is 1.51. The van der Waals surface area contributed by atoms with E-state index >= 15 is 0 Å². The minimum Gasteiger partial charge on any atom is -0.507 e. The molecule has 1 aromatic carbocycles. The average molecular weight is 284 g/mol. The van der Waals surface area contributed by atoms with Gasteiger partial charge in [-0.2, -0.15) is 4.98 Å². The lowest BCUT2D eigenvalue weighted by Gasteiger charge is -2.00. The van der Waals surface area contributed by atoms with Gasteiger partial charge in [0.2, 0.25) is 11.7 Å². The number of hydrogen-bond acceptors (Lipinski definition) is 7. The van der Waals surface area contributed by atoms with Crippen molar-refractivity contribution in [1.29, 1.82) is 0 Å². The summed E-state index contributed by atoms with van der Waals surface area (Å²) in [5.74, 6) is 1.01. The van der Waals surface area contributed by atoms with E-state index in [-0.39, 0.29) is 11.6 Å². The van der Waals surface area contributed by atoms with E-state index in [1.807, 2.05) is 6.92 Å². The standard InChI is InChI=1S/C14H12N4O3/c1-8-3-4-11(19)9(5-8)14-17-13(18-21-14)10-6-12(20-2)16-7-15-10/h3-7,19H,1-2H3. The Kier molecular flexibility index (Phi) is 3.23. The van der Waals surface area contributed by atoms with E-state index in [9.17, 15) is 5.11 Å². The summed E-state index contributed by atoms with van der Waals surface area (Å²) >= 11 is 0. The van der Waals surface area contributed by atoms with Crippen LogP contribution in [-0.2, 0) is 0 Å². The van der Waals surface area contributed by atoms with Crippen LogP contribution in [0.5, 0.6) is 11.6 Å². The van der Waals surface area contributed by atoms with Crippen LogP contribution in [0.3, 0.4) is 0 Å². The molecule has 21 heavy (non-hydrogen) atoms. The van der Waals surface area contributed by atoms with Crippen molar-refractivity contribution in [3.8, 4) is 34.6 Å². The van der Waals surface area contributed by atoms with Gasteiger partial charge in [-0.15, -0.1) is 0 Å². The van der Waals surface area contributed by atoms with Gasteiger partial charge in [0.05, 0.1) is 12.7 Å². The fourth-order valence-electron chi connectivity index (χ4n) is 1.83. The summed E-state index contributed by atoms with van der Waals surface area (Å²) < 4.78 is 10.2. The molecule has 0 unspecified atom stereocenters. The average Bonchev–Trinajstić information content (AvgIpc) is 2.99. The first-order valence-corrected chi connectivity index (χ1v) is 6.17. The summed E-state index contributed by atoms with van der Waals surface area (Å²) in [4.78, 5) is 12.2. The van der Waals surface area contributed by atoms with E-state index in [4.69, 9.17) is 9.26 Å². The molecule has 106 valence electrons. The predicted octanol–water partition coefficient (Wildman–Crippen LogP) is 2.22. The smallest absolute Gasteiger partial charge is 0.262 e. The maximum Gasteiger partial charge on any atom is 0.262 e. The number of methoxy groups -OCH3 is 1. The van der Waals surface area contributed by atoms with Crippen LogP contribution in [-0.4, -0.2) is 32.3 Å². The molecule has 1 N–H and O–H groups in total. The van der Waals surface area contributed by atoms with Crippen molar-refractivity contribution >= 4 is 0 Å². The minimum atomic E-state index is 0.0797. The van der Waals surface area contributed by atoms with Crippen molar-refractivity contribution in [2.45, 2.75) is 6.92 Å². The Labute approximate surface area is 120 Å². The molecule has 0 aliphatic rings. The lowest BCUT2D eigenvalue weighted by Crippen LogP contribution is -1.91. The van der Waals surface area contributed by atoms with Gasteiger partial charge in [-0.1, -0.05) is 16.8 Å². The van der Waals surface area contributed by atoms with Crippen molar-refractivity contribution < 1.29 is 14.4 Å². The van der Waals surface area contributed by atoms with E-state index in [0.717, 1.165) is 5.56 Å². The highest BCUT2D eigenvalue weighted by molar-refractivity contribution is 5.65. The number of aromatic hydroxyl groups is 1. The van der Waals surface area contributed by atoms with Gasteiger partial charge >= 0.3 is 0 Å². The fraction of sp³-hybridized carbons (Fsp3) is 0.143. The van der Waals surface area contributed by atoms with Gasteiger partial charge in [-0.05, 0) is 19.1 Å². The zero-order chi connectivity index (χ0) is 14.8. The van der Waals surface area contributed by atoms with Crippen LogP contribution in [0.1, 0.15) is 5.56 Å². The topological polar surface area (TPSA) is 94.2 Å². The Morgan fingerprint density at radius 1 is 1.19 bits per heavy atom. The number of phenolic OH excluding ortho intramolecular Hbond substituents is 1. The van der Waals surface area contributed by atoms with Crippen LogP contribution in [0.15, 0.2) is 35.1 Å². The molecule has 2 aromatic heterocycles. The molecular formula is C14H12N4O3. The molecule has 7 heteroatoms. The van der Waals surface area contributed by atoms with Gasteiger partial charge in [-0.3, -0.25) is 0 Å². The molecule has 0 radical (unpaired) electrons. The first-order chi connectivity index (χ1) is 10.2. The van der Waals surface area contributed by atoms with Gasteiger partial charge in [0.25, 0.3) is 5.89 Å². The van der Waals surface area contributed by atoms with Crippen molar-refractivity contribution in [2.24, 2.45) is 0 Å². The number of rotatable bonds is 3. The largest absolute Gasteiger partial charge is 0.507 e. The Morgan fingerprint density at radius 3 is 2.86 bits per heavy atom. The zero-order valence-electron chi connectivity index (χ0n) is 11.4. The SMILES string of the molecule is COc1cc(-c2noc(-c3cc(C)ccc3O)n2)ncn1. The van der Waals surface area contributed by atoms with E-state index in [0.29, 0.717) is 23.0 Å². The lowest BCUT2D eigenvalue weighted by molar-refractivity contribution is 0.397. The van der Waals surface area contributed by atoms with Crippen molar-refractivity contribution in [3.05, 3.63) is 36.2 Å². The van der Waals surface area contributed by atoms with Crippen LogP contribution in [0.2, 0.25) is 0 Å². The van der Waals surface area contributed by atoms with Gasteiger partial charge in [0.15, 0.2) is 0 Å². The number of phenols is 1. The summed E-state index contributed by atoms with van der Waals surface area (Å²) in [6.45, 7) is 1.91.